The average molecular weight is 361 g/mol. The van der Waals surface area contributed by atoms with Gasteiger partial charge in [-0.15, -0.1) is 5.10 Å². The summed E-state index contributed by atoms with van der Waals surface area (Å²) in [6, 6.07) is 0. The lowest BCUT2D eigenvalue weighted by atomic mass is 10.1. The van der Waals surface area contributed by atoms with E-state index in [1.165, 1.54) is 11.8 Å². The van der Waals surface area contributed by atoms with E-state index in [0.717, 1.165) is 28.4 Å². The molecule has 0 atom stereocenters. The second kappa shape index (κ2) is 6.83. The van der Waals surface area contributed by atoms with E-state index in [4.69, 9.17) is 9.15 Å². The standard InChI is InChI=1S/C16H19N5O3S/c1-8-11(4)24-13(17-8)7-23-14(22)6-12-9(2)18-15-19-16(25-5)20-21(15)10(12)3/h6-7H2,1-5H3. The van der Waals surface area contributed by atoms with Crippen LogP contribution in [-0.4, -0.2) is 36.8 Å². The molecule has 0 spiro atoms. The summed E-state index contributed by atoms with van der Waals surface area (Å²) < 4.78 is 12.3. The van der Waals surface area contributed by atoms with E-state index in [2.05, 4.69) is 20.1 Å². The molecule has 0 aliphatic carbocycles. The SMILES string of the molecule is CSc1nc2nc(C)c(CC(=O)OCc3nc(C)c(C)o3)c(C)n2n1. The third-order valence-electron chi connectivity index (χ3n) is 3.96. The first-order valence-electron chi connectivity index (χ1n) is 7.74. The number of carbonyl (C=O) groups is 1. The molecule has 3 aromatic heterocycles. The molecule has 25 heavy (non-hydrogen) atoms. The molecule has 8 nitrogen and oxygen atoms in total. The zero-order valence-electron chi connectivity index (χ0n) is 14.8. The van der Waals surface area contributed by atoms with Gasteiger partial charge in [0.25, 0.3) is 5.78 Å². The zero-order chi connectivity index (χ0) is 18.1. The van der Waals surface area contributed by atoms with Crippen molar-refractivity contribution in [2.75, 3.05) is 6.26 Å². The first-order chi connectivity index (χ1) is 11.9. The lowest BCUT2D eigenvalue weighted by molar-refractivity contribution is -0.144. The van der Waals surface area contributed by atoms with E-state index in [-0.39, 0.29) is 19.0 Å². The van der Waals surface area contributed by atoms with E-state index in [9.17, 15) is 4.79 Å². The number of thioether (sulfide) groups is 1. The fraction of sp³-hybridized carbons (Fsp3) is 0.438. The lowest BCUT2D eigenvalue weighted by Gasteiger charge is -2.09. The van der Waals surface area contributed by atoms with E-state index < -0.39 is 0 Å². The normalized spacial score (nSPS) is 11.2. The Kier molecular flexibility index (Phi) is 4.76. The Morgan fingerprint density at radius 2 is 1.92 bits per heavy atom. The summed E-state index contributed by atoms with van der Waals surface area (Å²) in [5, 5.41) is 5.02. The lowest BCUT2D eigenvalue weighted by Crippen LogP contribution is -2.13. The maximum atomic E-state index is 12.2. The number of hydrogen-bond acceptors (Lipinski definition) is 8. The van der Waals surface area contributed by atoms with Gasteiger partial charge in [-0.1, -0.05) is 11.8 Å². The number of hydrogen-bond donors (Lipinski definition) is 0. The van der Waals surface area contributed by atoms with Gasteiger partial charge in [0.15, 0.2) is 6.61 Å². The number of nitrogens with zero attached hydrogens (tertiary/aromatic N) is 5. The molecule has 0 amide bonds. The van der Waals surface area contributed by atoms with Crippen molar-refractivity contribution in [3.8, 4) is 0 Å². The average Bonchev–Trinajstić information content (AvgIpc) is 3.13. The molecule has 3 rings (SSSR count). The Hall–Kier alpha value is -2.42. The minimum atomic E-state index is -0.369. The highest BCUT2D eigenvalue weighted by Gasteiger charge is 2.17. The molecule has 0 bridgehead atoms. The minimum Gasteiger partial charge on any atom is -0.455 e. The molecule has 0 N–H and O–H groups in total. The zero-order valence-corrected chi connectivity index (χ0v) is 15.6. The van der Waals surface area contributed by atoms with Crippen LogP contribution in [0.5, 0.6) is 0 Å². The molecule has 0 fully saturated rings. The van der Waals surface area contributed by atoms with Crippen molar-refractivity contribution in [2.45, 2.75) is 45.9 Å². The Morgan fingerprint density at radius 1 is 1.16 bits per heavy atom. The highest BCUT2D eigenvalue weighted by molar-refractivity contribution is 7.98. The maximum Gasteiger partial charge on any atom is 0.310 e. The van der Waals surface area contributed by atoms with Crippen molar-refractivity contribution in [3.63, 3.8) is 0 Å². The first-order valence-corrected chi connectivity index (χ1v) is 8.97. The number of esters is 1. The molecule has 3 heterocycles. The van der Waals surface area contributed by atoms with Crippen LogP contribution >= 0.6 is 11.8 Å². The van der Waals surface area contributed by atoms with Crippen LogP contribution in [0.4, 0.5) is 0 Å². The number of carbonyl (C=O) groups excluding carboxylic acids is 1. The quantitative estimate of drug-likeness (QED) is 0.505. The van der Waals surface area contributed by atoms with Gasteiger partial charge < -0.3 is 9.15 Å². The van der Waals surface area contributed by atoms with Gasteiger partial charge in [-0.05, 0) is 34.0 Å². The minimum absolute atomic E-state index is 0.0151. The van der Waals surface area contributed by atoms with Gasteiger partial charge >= 0.3 is 5.97 Å². The molecule has 132 valence electrons. The van der Waals surface area contributed by atoms with Gasteiger partial charge in [0, 0.05) is 17.0 Å². The molecule has 3 aromatic rings. The van der Waals surface area contributed by atoms with Crippen molar-refractivity contribution >= 4 is 23.5 Å². The van der Waals surface area contributed by atoms with Gasteiger partial charge in [0.2, 0.25) is 11.0 Å². The largest absolute Gasteiger partial charge is 0.455 e. The molecular formula is C16H19N5O3S. The Labute approximate surface area is 149 Å². The highest BCUT2D eigenvalue weighted by atomic mass is 32.2. The van der Waals surface area contributed by atoms with Gasteiger partial charge in [-0.25, -0.2) is 14.5 Å². The molecule has 9 heteroatoms. The first kappa shape index (κ1) is 17.4. The monoisotopic (exact) mass is 361 g/mol. The molecule has 0 aliphatic rings. The predicted molar refractivity (Wildman–Crippen MR) is 91.5 cm³/mol. The summed E-state index contributed by atoms with van der Waals surface area (Å²) >= 11 is 1.45. The number of oxazole rings is 1. The molecule has 0 aromatic carbocycles. The summed E-state index contributed by atoms with van der Waals surface area (Å²) in [7, 11) is 0. The maximum absolute atomic E-state index is 12.2. The van der Waals surface area contributed by atoms with Crippen LogP contribution in [0.25, 0.3) is 5.78 Å². The summed E-state index contributed by atoms with van der Waals surface area (Å²) in [6.45, 7) is 7.43. The summed E-state index contributed by atoms with van der Waals surface area (Å²) in [4.78, 5) is 25.2. The summed E-state index contributed by atoms with van der Waals surface area (Å²) in [5.74, 6) is 1.28. The van der Waals surface area contributed by atoms with Gasteiger partial charge in [-0.2, -0.15) is 4.98 Å². The van der Waals surface area contributed by atoms with E-state index in [0.29, 0.717) is 16.8 Å². The van der Waals surface area contributed by atoms with Crippen molar-refractivity contribution in [1.82, 2.24) is 24.6 Å². The van der Waals surface area contributed by atoms with Gasteiger partial charge in [0.1, 0.15) is 5.76 Å². The third kappa shape index (κ3) is 3.51. The van der Waals surface area contributed by atoms with Crippen molar-refractivity contribution in [1.29, 1.82) is 0 Å². The molecule has 0 radical (unpaired) electrons. The van der Waals surface area contributed by atoms with Crippen molar-refractivity contribution in [3.05, 3.63) is 34.3 Å². The molecule has 0 unspecified atom stereocenters. The van der Waals surface area contributed by atoms with Crippen LogP contribution in [0.15, 0.2) is 9.57 Å². The second-order valence-corrected chi connectivity index (χ2v) is 6.43. The number of fused-ring (bicyclic) bond motifs is 1. The third-order valence-corrected chi connectivity index (χ3v) is 4.50. The summed E-state index contributed by atoms with van der Waals surface area (Å²) in [6.07, 6.45) is 2.01. The van der Waals surface area contributed by atoms with Crippen molar-refractivity contribution in [2.24, 2.45) is 0 Å². The smallest absolute Gasteiger partial charge is 0.310 e. The number of aryl methyl sites for hydroxylation is 4. The van der Waals surface area contributed by atoms with Crippen LogP contribution in [0.3, 0.4) is 0 Å². The Morgan fingerprint density at radius 3 is 2.56 bits per heavy atom. The highest BCUT2D eigenvalue weighted by Crippen LogP contribution is 2.18. The van der Waals surface area contributed by atoms with Crippen LogP contribution in [0.1, 0.15) is 34.3 Å². The Bertz CT molecular complexity index is 928. The van der Waals surface area contributed by atoms with E-state index in [1.54, 1.807) is 4.52 Å². The van der Waals surface area contributed by atoms with Gasteiger partial charge in [0.05, 0.1) is 12.1 Å². The number of ether oxygens (including phenoxy) is 1. The Balaban J connectivity index is 1.76. The summed E-state index contributed by atoms with van der Waals surface area (Å²) in [5.41, 5.74) is 3.15. The van der Waals surface area contributed by atoms with Gasteiger partial charge in [-0.3, -0.25) is 4.79 Å². The van der Waals surface area contributed by atoms with Crippen molar-refractivity contribution < 1.29 is 13.9 Å². The molecule has 0 saturated carbocycles. The fourth-order valence-electron chi connectivity index (χ4n) is 2.47. The van der Waals surface area contributed by atoms with E-state index >= 15 is 0 Å². The number of rotatable bonds is 5. The van der Waals surface area contributed by atoms with Crippen LogP contribution in [-0.2, 0) is 22.6 Å². The van der Waals surface area contributed by atoms with Crippen LogP contribution in [0, 0.1) is 27.7 Å². The fourth-order valence-corrected chi connectivity index (χ4v) is 2.81. The predicted octanol–water partition coefficient (Wildman–Crippen LogP) is 2.35. The molecule has 0 saturated heterocycles. The van der Waals surface area contributed by atoms with Crippen LogP contribution < -0.4 is 0 Å². The van der Waals surface area contributed by atoms with Crippen LogP contribution in [0.2, 0.25) is 0 Å². The second-order valence-electron chi connectivity index (χ2n) is 5.66. The topological polar surface area (TPSA) is 95.4 Å². The van der Waals surface area contributed by atoms with E-state index in [1.807, 2.05) is 34.0 Å². The molecule has 0 aliphatic heterocycles. The number of aromatic nitrogens is 5. The molecular weight excluding hydrogens is 342 g/mol.